The highest BCUT2D eigenvalue weighted by molar-refractivity contribution is 6.32. The molecular weight excluding hydrogens is 276 g/mol. The second-order valence-electron chi connectivity index (χ2n) is 5.33. The van der Waals surface area contributed by atoms with Crippen LogP contribution < -0.4 is 15.4 Å². The number of amides is 1. The van der Waals surface area contributed by atoms with Gasteiger partial charge in [0, 0.05) is 12.5 Å². The Morgan fingerprint density at radius 1 is 1.55 bits per heavy atom. The van der Waals surface area contributed by atoms with Crippen LogP contribution in [0, 0.1) is 0 Å². The lowest BCUT2D eigenvalue weighted by molar-refractivity contribution is -0.116. The fourth-order valence-electron chi connectivity index (χ4n) is 2.32. The standard InChI is InChI=1S/C15H21ClN2O2/c1-10(2)20-15-12(16)6-3-7-13(15)18-14(19)9-11-5-4-8-17-11/h3,6-7,10-11,17H,4-5,8-9H2,1-2H3,(H,18,19). The summed E-state index contributed by atoms with van der Waals surface area (Å²) >= 11 is 6.14. The number of hydrogen-bond acceptors (Lipinski definition) is 3. The summed E-state index contributed by atoms with van der Waals surface area (Å²) in [4.78, 5) is 12.1. The number of carbonyl (C=O) groups is 1. The molecule has 4 nitrogen and oxygen atoms in total. The number of nitrogens with one attached hydrogen (secondary N) is 2. The number of carbonyl (C=O) groups excluding carboxylic acids is 1. The Hall–Kier alpha value is -1.26. The lowest BCUT2D eigenvalue weighted by Crippen LogP contribution is -2.27. The van der Waals surface area contributed by atoms with Crippen LogP contribution in [0.3, 0.4) is 0 Å². The predicted octanol–water partition coefficient (Wildman–Crippen LogP) is 3.21. The van der Waals surface area contributed by atoms with Crippen molar-refractivity contribution in [2.75, 3.05) is 11.9 Å². The minimum atomic E-state index is -0.0136. The predicted molar refractivity (Wildman–Crippen MR) is 81.5 cm³/mol. The fourth-order valence-corrected chi connectivity index (χ4v) is 2.54. The molecule has 1 amide bonds. The third-order valence-corrected chi connectivity index (χ3v) is 3.49. The van der Waals surface area contributed by atoms with Gasteiger partial charge in [0.05, 0.1) is 16.8 Å². The first-order valence-electron chi connectivity index (χ1n) is 7.04. The summed E-state index contributed by atoms with van der Waals surface area (Å²) < 4.78 is 5.68. The molecule has 0 spiro atoms. The lowest BCUT2D eigenvalue weighted by atomic mass is 10.1. The Morgan fingerprint density at radius 3 is 3.00 bits per heavy atom. The number of para-hydroxylation sites is 1. The molecule has 20 heavy (non-hydrogen) atoms. The molecule has 0 radical (unpaired) electrons. The molecule has 1 unspecified atom stereocenters. The highest BCUT2D eigenvalue weighted by Gasteiger charge is 2.19. The third kappa shape index (κ3) is 4.12. The Kier molecular flexibility index (Phi) is 5.26. The molecule has 1 heterocycles. The van der Waals surface area contributed by atoms with E-state index in [1.165, 1.54) is 0 Å². The SMILES string of the molecule is CC(C)Oc1c(Cl)cccc1NC(=O)CC1CCCN1. The molecule has 5 heteroatoms. The Bertz CT molecular complexity index is 471. The second-order valence-corrected chi connectivity index (χ2v) is 5.74. The number of benzene rings is 1. The largest absolute Gasteiger partial charge is 0.487 e. The minimum absolute atomic E-state index is 0.00190. The first-order valence-corrected chi connectivity index (χ1v) is 7.42. The number of halogens is 1. The minimum Gasteiger partial charge on any atom is -0.487 e. The molecule has 0 saturated carbocycles. The van der Waals surface area contributed by atoms with Gasteiger partial charge in [-0.05, 0) is 45.4 Å². The molecule has 1 aliphatic heterocycles. The molecular formula is C15H21ClN2O2. The van der Waals surface area contributed by atoms with Crippen LogP contribution in [0.5, 0.6) is 5.75 Å². The van der Waals surface area contributed by atoms with Gasteiger partial charge in [0.15, 0.2) is 5.75 Å². The van der Waals surface area contributed by atoms with Crippen LogP contribution >= 0.6 is 11.6 Å². The first-order chi connectivity index (χ1) is 9.56. The van der Waals surface area contributed by atoms with E-state index in [2.05, 4.69) is 10.6 Å². The van der Waals surface area contributed by atoms with Crippen LogP contribution in [0.4, 0.5) is 5.69 Å². The van der Waals surface area contributed by atoms with Crippen LogP contribution in [0.2, 0.25) is 5.02 Å². The smallest absolute Gasteiger partial charge is 0.226 e. The second kappa shape index (κ2) is 6.95. The third-order valence-electron chi connectivity index (χ3n) is 3.19. The van der Waals surface area contributed by atoms with E-state index in [9.17, 15) is 4.79 Å². The van der Waals surface area contributed by atoms with E-state index in [4.69, 9.17) is 16.3 Å². The molecule has 2 N–H and O–H groups in total. The van der Waals surface area contributed by atoms with Crippen LogP contribution in [-0.4, -0.2) is 24.6 Å². The first kappa shape index (κ1) is 15.1. The van der Waals surface area contributed by atoms with Crippen molar-refractivity contribution in [2.45, 2.75) is 45.3 Å². The summed E-state index contributed by atoms with van der Waals surface area (Å²) in [7, 11) is 0. The zero-order valence-electron chi connectivity index (χ0n) is 11.9. The van der Waals surface area contributed by atoms with Gasteiger partial charge < -0.3 is 15.4 Å². The summed E-state index contributed by atoms with van der Waals surface area (Å²) in [6.45, 7) is 4.85. The van der Waals surface area contributed by atoms with Crippen molar-refractivity contribution >= 4 is 23.2 Å². The molecule has 1 aliphatic rings. The summed E-state index contributed by atoms with van der Waals surface area (Å²) in [5, 5.41) is 6.72. The number of anilines is 1. The summed E-state index contributed by atoms with van der Waals surface area (Å²) in [5.74, 6) is 0.525. The molecule has 0 aliphatic carbocycles. The van der Waals surface area contributed by atoms with Crippen molar-refractivity contribution in [1.82, 2.24) is 5.32 Å². The average Bonchev–Trinajstić information content (AvgIpc) is 2.86. The van der Waals surface area contributed by atoms with Crippen LogP contribution in [0.15, 0.2) is 18.2 Å². The van der Waals surface area contributed by atoms with Gasteiger partial charge in [0.2, 0.25) is 5.91 Å². The maximum absolute atomic E-state index is 12.1. The fraction of sp³-hybridized carbons (Fsp3) is 0.533. The Labute approximate surface area is 124 Å². The van der Waals surface area contributed by atoms with Crippen molar-refractivity contribution < 1.29 is 9.53 Å². The van der Waals surface area contributed by atoms with Gasteiger partial charge in [-0.25, -0.2) is 0 Å². The topological polar surface area (TPSA) is 50.4 Å². The van der Waals surface area contributed by atoms with E-state index >= 15 is 0 Å². The Balaban J connectivity index is 2.03. The molecule has 1 aromatic rings. The molecule has 1 fully saturated rings. The van der Waals surface area contributed by atoms with Crippen molar-refractivity contribution in [3.05, 3.63) is 23.2 Å². The average molecular weight is 297 g/mol. The van der Waals surface area contributed by atoms with Gasteiger partial charge >= 0.3 is 0 Å². The summed E-state index contributed by atoms with van der Waals surface area (Å²) in [6.07, 6.45) is 2.67. The zero-order valence-corrected chi connectivity index (χ0v) is 12.7. The van der Waals surface area contributed by atoms with E-state index in [-0.39, 0.29) is 18.1 Å². The van der Waals surface area contributed by atoms with Crippen molar-refractivity contribution in [1.29, 1.82) is 0 Å². The summed E-state index contributed by atoms with van der Waals surface area (Å²) in [6, 6.07) is 5.65. The molecule has 2 rings (SSSR count). The van der Waals surface area contributed by atoms with Crippen LogP contribution in [0.1, 0.15) is 33.1 Å². The highest BCUT2D eigenvalue weighted by atomic mass is 35.5. The van der Waals surface area contributed by atoms with Gasteiger partial charge in [-0.2, -0.15) is 0 Å². The van der Waals surface area contributed by atoms with E-state index in [0.717, 1.165) is 19.4 Å². The molecule has 110 valence electrons. The molecule has 1 aromatic carbocycles. The van der Waals surface area contributed by atoms with Crippen LogP contribution in [0.25, 0.3) is 0 Å². The lowest BCUT2D eigenvalue weighted by Gasteiger charge is -2.17. The van der Waals surface area contributed by atoms with Gasteiger partial charge in [-0.3, -0.25) is 4.79 Å². The van der Waals surface area contributed by atoms with Crippen molar-refractivity contribution in [3.63, 3.8) is 0 Å². The van der Waals surface area contributed by atoms with Crippen molar-refractivity contribution in [2.24, 2.45) is 0 Å². The normalized spacial score (nSPS) is 18.3. The van der Waals surface area contributed by atoms with E-state index in [1.807, 2.05) is 19.9 Å². The van der Waals surface area contributed by atoms with E-state index < -0.39 is 0 Å². The Morgan fingerprint density at radius 2 is 2.35 bits per heavy atom. The van der Waals surface area contributed by atoms with Crippen LogP contribution in [-0.2, 0) is 4.79 Å². The highest BCUT2D eigenvalue weighted by Crippen LogP contribution is 2.33. The van der Waals surface area contributed by atoms with Crippen molar-refractivity contribution in [3.8, 4) is 5.75 Å². The van der Waals surface area contributed by atoms with Gasteiger partial charge in [-0.1, -0.05) is 17.7 Å². The molecule has 1 atom stereocenters. The molecule has 0 bridgehead atoms. The molecule has 1 saturated heterocycles. The maximum atomic E-state index is 12.1. The summed E-state index contributed by atoms with van der Waals surface area (Å²) in [5.41, 5.74) is 0.634. The monoisotopic (exact) mass is 296 g/mol. The number of rotatable bonds is 5. The maximum Gasteiger partial charge on any atom is 0.226 e. The van der Waals surface area contributed by atoms with Gasteiger partial charge in [0.25, 0.3) is 0 Å². The zero-order chi connectivity index (χ0) is 14.5. The number of ether oxygens (including phenoxy) is 1. The number of hydrogen-bond donors (Lipinski definition) is 2. The molecule has 0 aromatic heterocycles. The van der Waals surface area contributed by atoms with E-state index in [1.54, 1.807) is 12.1 Å². The van der Waals surface area contributed by atoms with E-state index in [0.29, 0.717) is 22.9 Å². The quantitative estimate of drug-likeness (QED) is 0.877. The van der Waals surface area contributed by atoms with Gasteiger partial charge in [-0.15, -0.1) is 0 Å². The van der Waals surface area contributed by atoms with Gasteiger partial charge in [0.1, 0.15) is 0 Å².